The first-order chi connectivity index (χ1) is 10.5. The molecular formula is C15H22ClN5O2. The van der Waals surface area contributed by atoms with Crippen LogP contribution < -0.4 is 11.1 Å². The third-order valence-corrected chi connectivity index (χ3v) is 3.16. The first-order valence-electron chi connectivity index (χ1n) is 7.10. The highest BCUT2D eigenvalue weighted by molar-refractivity contribution is 5.97. The van der Waals surface area contributed by atoms with Crippen LogP contribution in [-0.4, -0.2) is 40.8 Å². The van der Waals surface area contributed by atoms with Crippen LogP contribution in [0.15, 0.2) is 24.3 Å². The number of ether oxygens (including phenoxy) is 1. The number of benzene rings is 1. The molecule has 0 aliphatic carbocycles. The molecule has 1 atom stereocenters. The van der Waals surface area contributed by atoms with E-state index in [0.717, 1.165) is 11.4 Å². The Morgan fingerprint density at radius 3 is 2.70 bits per heavy atom. The van der Waals surface area contributed by atoms with Gasteiger partial charge in [0, 0.05) is 18.6 Å². The van der Waals surface area contributed by atoms with Gasteiger partial charge in [0.15, 0.2) is 5.82 Å². The van der Waals surface area contributed by atoms with Gasteiger partial charge in [0.05, 0.1) is 12.3 Å². The maximum Gasteiger partial charge on any atom is 0.243 e. The summed E-state index contributed by atoms with van der Waals surface area (Å²) in [6.07, 6.45) is 0. The molecular weight excluding hydrogens is 318 g/mol. The number of nitrogens with one attached hydrogen (secondary N) is 2. The molecule has 1 amide bonds. The van der Waals surface area contributed by atoms with Gasteiger partial charge in [-0.05, 0) is 12.1 Å². The lowest BCUT2D eigenvalue weighted by Gasteiger charge is -2.13. The van der Waals surface area contributed by atoms with Crippen LogP contribution in [0, 0.1) is 0 Å². The van der Waals surface area contributed by atoms with Gasteiger partial charge in [-0.3, -0.25) is 9.89 Å². The summed E-state index contributed by atoms with van der Waals surface area (Å²) in [5, 5.41) is 9.92. The number of amides is 1. The number of methoxy groups -OCH3 is 1. The summed E-state index contributed by atoms with van der Waals surface area (Å²) in [4.78, 5) is 16.5. The van der Waals surface area contributed by atoms with Crippen molar-refractivity contribution in [2.45, 2.75) is 25.8 Å². The van der Waals surface area contributed by atoms with E-state index in [0.29, 0.717) is 11.5 Å². The lowest BCUT2D eigenvalue weighted by Crippen LogP contribution is -2.39. The van der Waals surface area contributed by atoms with Crippen molar-refractivity contribution in [3.63, 3.8) is 0 Å². The van der Waals surface area contributed by atoms with Crippen LogP contribution in [0.4, 0.5) is 5.69 Å². The van der Waals surface area contributed by atoms with Gasteiger partial charge in [-0.15, -0.1) is 12.4 Å². The Labute approximate surface area is 141 Å². The fourth-order valence-corrected chi connectivity index (χ4v) is 1.92. The van der Waals surface area contributed by atoms with E-state index in [1.807, 2.05) is 32.0 Å². The molecule has 0 spiro atoms. The van der Waals surface area contributed by atoms with Crippen molar-refractivity contribution in [1.82, 2.24) is 15.2 Å². The minimum absolute atomic E-state index is 0. The number of aromatic amines is 1. The van der Waals surface area contributed by atoms with E-state index in [9.17, 15) is 4.79 Å². The number of nitrogens with zero attached hydrogens (tertiary/aromatic N) is 2. The zero-order valence-corrected chi connectivity index (χ0v) is 14.2. The van der Waals surface area contributed by atoms with Crippen LogP contribution in [0.1, 0.15) is 25.6 Å². The predicted octanol–water partition coefficient (Wildman–Crippen LogP) is 1.93. The minimum Gasteiger partial charge on any atom is -0.383 e. The number of halogens is 1. The Morgan fingerprint density at radius 2 is 2.09 bits per heavy atom. The standard InChI is InChI=1S/C15H21N5O2.ClH/c1-9(2)13-18-14(20-19-13)10-6-4-5-7-12(10)17-15(21)11(16)8-22-3;/h4-7,9,11H,8,16H2,1-3H3,(H,17,21)(H,18,19,20);1H. The van der Waals surface area contributed by atoms with Crippen molar-refractivity contribution in [1.29, 1.82) is 0 Å². The topological polar surface area (TPSA) is 106 Å². The molecule has 0 aliphatic heterocycles. The lowest BCUT2D eigenvalue weighted by molar-refractivity contribution is -0.118. The van der Waals surface area contributed by atoms with Gasteiger partial charge in [0.25, 0.3) is 0 Å². The fraction of sp³-hybridized carbons (Fsp3) is 0.400. The number of para-hydroxylation sites is 1. The van der Waals surface area contributed by atoms with Crippen molar-refractivity contribution in [3.05, 3.63) is 30.1 Å². The number of anilines is 1. The minimum atomic E-state index is -0.726. The summed E-state index contributed by atoms with van der Waals surface area (Å²) in [6.45, 7) is 4.22. The van der Waals surface area contributed by atoms with Crippen molar-refractivity contribution in [2.75, 3.05) is 19.0 Å². The number of carbonyl (C=O) groups excluding carboxylic acids is 1. The monoisotopic (exact) mass is 339 g/mol. The zero-order chi connectivity index (χ0) is 16.1. The highest BCUT2D eigenvalue weighted by Gasteiger charge is 2.17. The first-order valence-corrected chi connectivity index (χ1v) is 7.10. The molecule has 0 saturated heterocycles. The molecule has 1 aromatic carbocycles. The fourth-order valence-electron chi connectivity index (χ4n) is 1.92. The van der Waals surface area contributed by atoms with Gasteiger partial charge in [0.1, 0.15) is 11.9 Å². The van der Waals surface area contributed by atoms with Crippen LogP contribution >= 0.6 is 12.4 Å². The molecule has 4 N–H and O–H groups in total. The Morgan fingerprint density at radius 1 is 1.39 bits per heavy atom. The molecule has 2 rings (SSSR count). The Hall–Kier alpha value is -1.96. The number of aromatic nitrogens is 3. The smallest absolute Gasteiger partial charge is 0.243 e. The van der Waals surface area contributed by atoms with Crippen molar-refractivity contribution in [3.8, 4) is 11.4 Å². The summed E-state index contributed by atoms with van der Waals surface area (Å²) < 4.78 is 4.89. The molecule has 0 saturated carbocycles. The van der Waals surface area contributed by atoms with Crippen molar-refractivity contribution in [2.24, 2.45) is 5.73 Å². The SMILES string of the molecule is COCC(N)C(=O)Nc1ccccc1-c1n[nH]c(C(C)C)n1.Cl. The second-order valence-electron chi connectivity index (χ2n) is 5.30. The van der Waals surface area contributed by atoms with Gasteiger partial charge < -0.3 is 15.8 Å². The summed E-state index contributed by atoms with van der Waals surface area (Å²) in [5.41, 5.74) is 7.09. The Bertz CT molecular complexity index is 644. The van der Waals surface area contributed by atoms with E-state index in [-0.39, 0.29) is 30.8 Å². The summed E-state index contributed by atoms with van der Waals surface area (Å²) in [5.74, 6) is 1.28. The van der Waals surface area contributed by atoms with Crippen LogP contribution in [0.25, 0.3) is 11.4 Å². The van der Waals surface area contributed by atoms with E-state index in [1.165, 1.54) is 7.11 Å². The molecule has 2 aromatic rings. The van der Waals surface area contributed by atoms with Gasteiger partial charge in [-0.25, -0.2) is 4.98 Å². The molecule has 7 nitrogen and oxygen atoms in total. The number of H-pyrrole nitrogens is 1. The summed E-state index contributed by atoms with van der Waals surface area (Å²) >= 11 is 0. The van der Waals surface area contributed by atoms with E-state index in [2.05, 4.69) is 20.5 Å². The quantitative estimate of drug-likeness (QED) is 0.745. The summed E-state index contributed by atoms with van der Waals surface area (Å²) in [6, 6.07) is 6.61. The highest BCUT2D eigenvalue weighted by atomic mass is 35.5. The second kappa shape index (κ2) is 8.61. The van der Waals surface area contributed by atoms with Crippen LogP contribution in [-0.2, 0) is 9.53 Å². The third kappa shape index (κ3) is 4.75. The Balaban J connectivity index is 0.00000264. The molecule has 1 heterocycles. The molecule has 1 unspecified atom stereocenters. The number of nitrogens with two attached hydrogens (primary N) is 1. The molecule has 23 heavy (non-hydrogen) atoms. The number of hydrogen-bond acceptors (Lipinski definition) is 5. The molecule has 8 heteroatoms. The van der Waals surface area contributed by atoms with E-state index in [4.69, 9.17) is 10.5 Å². The number of hydrogen-bond donors (Lipinski definition) is 3. The van der Waals surface area contributed by atoms with Crippen LogP contribution in [0.5, 0.6) is 0 Å². The zero-order valence-electron chi connectivity index (χ0n) is 13.4. The summed E-state index contributed by atoms with van der Waals surface area (Å²) in [7, 11) is 1.50. The largest absolute Gasteiger partial charge is 0.383 e. The Kier molecular flexibility index (Phi) is 7.15. The lowest BCUT2D eigenvalue weighted by atomic mass is 10.1. The normalized spacial score (nSPS) is 11.9. The molecule has 1 aromatic heterocycles. The maximum atomic E-state index is 12.0. The van der Waals surface area contributed by atoms with Crippen LogP contribution in [0.2, 0.25) is 0 Å². The van der Waals surface area contributed by atoms with Gasteiger partial charge >= 0.3 is 0 Å². The van der Waals surface area contributed by atoms with E-state index in [1.54, 1.807) is 6.07 Å². The maximum absolute atomic E-state index is 12.0. The predicted molar refractivity (Wildman–Crippen MR) is 91.6 cm³/mol. The number of carbonyl (C=O) groups is 1. The highest BCUT2D eigenvalue weighted by Crippen LogP contribution is 2.25. The van der Waals surface area contributed by atoms with E-state index < -0.39 is 6.04 Å². The third-order valence-electron chi connectivity index (χ3n) is 3.16. The average molecular weight is 340 g/mol. The van der Waals surface area contributed by atoms with Crippen molar-refractivity contribution >= 4 is 24.0 Å². The van der Waals surface area contributed by atoms with Crippen molar-refractivity contribution < 1.29 is 9.53 Å². The first kappa shape index (κ1) is 19.1. The molecule has 0 fully saturated rings. The molecule has 126 valence electrons. The second-order valence-corrected chi connectivity index (χ2v) is 5.30. The number of rotatable bonds is 6. The van der Waals surface area contributed by atoms with Gasteiger partial charge in [-0.1, -0.05) is 26.0 Å². The average Bonchev–Trinajstić information content (AvgIpc) is 2.98. The van der Waals surface area contributed by atoms with Crippen LogP contribution in [0.3, 0.4) is 0 Å². The van der Waals surface area contributed by atoms with Gasteiger partial charge in [0.2, 0.25) is 5.91 Å². The molecule has 0 aliphatic rings. The van der Waals surface area contributed by atoms with Gasteiger partial charge in [-0.2, -0.15) is 5.10 Å². The molecule has 0 radical (unpaired) electrons. The van der Waals surface area contributed by atoms with E-state index >= 15 is 0 Å². The molecule has 0 bridgehead atoms.